The van der Waals surface area contributed by atoms with Crippen molar-refractivity contribution in [2.45, 2.75) is 6.36 Å². The summed E-state index contributed by atoms with van der Waals surface area (Å²) in [4.78, 5) is 11.5. The van der Waals surface area contributed by atoms with Crippen LogP contribution in [-0.2, 0) is 0 Å². The first-order valence-corrected chi connectivity index (χ1v) is 9.49. The molecule has 0 unspecified atom stereocenters. The molecule has 0 saturated carbocycles. The standard InChI is InChI=1S/C21H20F3N5O/c22-21(23,24)30-17-8-6-16(7-9-17)26-18-14-19(29-12-10-25-11-13-29)28-20(27-18)15-4-2-1-3-5-15/h1-9,14,25H,10-13H2,(H,26,27,28). The van der Waals surface area contributed by atoms with Gasteiger partial charge in [-0.3, -0.25) is 0 Å². The average Bonchev–Trinajstić information content (AvgIpc) is 2.75. The Morgan fingerprint density at radius 3 is 2.30 bits per heavy atom. The minimum atomic E-state index is -4.72. The maximum absolute atomic E-state index is 12.4. The van der Waals surface area contributed by atoms with Gasteiger partial charge in [0.05, 0.1) is 0 Å². The van der Waals surface area contributed by atoms with E-state index in [0.717, 1.165) is 37.6 Å². The van der Waals surface area contributed by atoms with E-state index >= 15 is 0 Å². The highest BCUT2D eigenvalue weighted by Crippen LogP contribution is 2.27. The second kappa shape index (κ2) is 8.58. The molecule has 1 saturated heterocycles. The molecular formula is C21H20F3N5O. The van der Waals surface area contributed by atoms with Crippen LogP contribution in [0.2, 0.25) is 0 Å². The molecule has 0 atom stereocenters. The molecule has 2 aromatic carbocycles. The zero-order valence-corrected chi connectivity index (χ0v) is 16.0. The van der Waals surface area contributed by atoms with Gasteiger partial charge in [0.25, 0.3) is 0 Å². The molecule has 4 rings (SSSR count). The fourth-order valence-corrected chi connectivity index (χ4v) is 3.16. The normalized spacial score (nSPS) is 14.4. The molecule has 1 fully saturated rings. The summed E-state index contributed by atoms with van der Waals surface area (Å²) in [5.74, 6) is 1.65. The lowest BCUT2D eigenvalue weighted by atomic mass is 10.2. The second-order valence-corrected chi connectivity index (χ2v) is 6.74. The van der Waals surface area contributed by atoms with Crippen molar-refractivity contribution in [3.8, 4) is 17.1 Å². The molecule has 0 aliphatic carbocycles. The van der Waals surface area contributed by atoms with Crippen molar-refractivity contribution in [3.63, 3.8) is 0 Å². The summed E-state index contributed by atoms with van der Waals surface area (Å²) >= 11 is 0. The molecule has 9 heteroatoms. The number of anilines is 3. The molecule has 0 amide bonds. The van der Waals surface area contributed by atoms with E-state index in [-0.39, 0.29) is 5.75 Å². The Hall–Kier alpha value is -3.33. The third kappa shape index (κ3) is 5.18. The monoisotopic (exact) mass is 415 g/mol. The average molecular weight is 415 g/mol. The molecule has 0 bridgehead atoms. The topological polar surface area (TPSA) is 62.3 Å². The summed E-state index contributed by atoms with van der Waals surface area (Å²) in [7, 11) is 0. The first-order chi connectivity index (χ1) is 14.5. The summed E-state index contributed by atoms with van der Waals surface area (Å²) in [6, 6.07) is 17.0. The van der Waals surface area contributed by atoms with E-state index in [2.05, 4.69) is 25.3 Å². The molecule has 1 aliphatic heterocycles. The third-order valence-corrected chi connectivity index (χ3v) is 4.55. The van der Waals surface area contributed by atoms with Gasteiger partial charge in [-0.15, -0.1) is 13.2 Å². The van der Waals surface area contributed by atoms with Crippen LogP contribution in [0.5, 0.6) is 5.75 Å². The Morgan fingerprint density at radius 1 is 0.933 bits per heavy atom. The van der Waals surface area contributed by atoms with Crippen LogP contribution in [0.25, 0.3) is 11.4 Å². The minimum Gasteiger partial charge on any atom is -0.406 e. The first-order valence-electron chi connectivity index (χ1n) is 9.49. The fraction of sp³-hybridized carbons (Fsp3) is 0.238. The zero-order chi connectivity index (χ0) is 21.0. The third-order valence-electron chi connectivity index (χ3n) is 4.55. The van der Waals surface area contributed by atoms with E-state index in [0.29, 0.717) is 17.3 Å². The lowest BCUT2D eigenvalue weighted by molar-refractivity contribution is -0.274. The Morgan fingerprint density at radius 2 is 1.63 bits per heavy atom. The van der Waals surface area contributed by atoms with Crippen molar-refractivity contribution in [1.29, 1.82) is 0 Å². The van der Waals surface area contributed by atoms with Gasteiger partial charge >= 0.3 is 6.36 Å². The molecule has 6 nitrogen and oxygen atoms in total. The number of halogens is 3. The second-order valence-electron chi connectivity index (χ2n) is 6.74. The van der Waals surface area contributed by atoms with E-state index in [1.807, 2.05) is 36.4 Å². The van der Waals surface area contributed by atoms with Crippen LogP contribution in [0, 0.1) is 0 Å². The van der Waals surface area contributed by atoms with E-state index < -0.39 is 6.36 Å². The minimum absolute atomic E-state index is 0.276. The van der Waals surface area contributed by atoms with Gasteiger partial charge in [-0.25, -0.2) is 9.97 Å². The van der Waals surface area contributed by atoms with Crippen molar-refractivity contribution >= 4 is 17.3 Å². The number of nitrogens with zero attached hydrogens (tertiary/aromatic N) is 3. The van der Waals surface area contributed by atoms with E-state index in [1.54, 1.807) is 0 Å². The maximum atomic E-state index is 12.4. The number of benzene rings is 2. The summed E-state index contributed by atoms with van der Waals surface area (Å²) in [6.07, 6.45) is -4.72. The molecule has 3 aromatic rings. The summed E-state index contributed by atoms with van der Waals surface area (Å²) < 4.78 is 41.0. The molecule has 156 valence electrons. The quantitative estimate of drug-likeness (QED) is 0.652. The number of rotatable bonds is 5. The molecule has 0 radical (unpaired) electrons. The number of ether oxygens (including phenoxy) is 1. The van der Waals surface area contributed by atoms with Crippen molar-refractivity contribution < 1.29 is 17.9 Å². The predicted molar refractivity (Wildman–Crippen MR) is 109 cm³/mol. The van der Waals surface area contributed by atoms with E-state index in [9.17, 15) is 13.2 Å². The summed E-state index contributed by atoms with van der Waals surface area (Å²) in [5, 5.41) is 6.47. The van der Waals surface area contributed by atoms with Crippen LogP contribution in [0.1, 0.15) is 0 Å². The number of hydrogen-bond donors (Lipinski definition) is 2. The molecule has 30 heavy (non-hydrogen) atoms. The smallest absolute Gasteiger partial charge is 0.406 e. The molecule has 1 aromatic heterocycles. The SMILES string of the molecule is FC(F)(F)Oc1ccc(Nc2cc(N3CCNCC3)nc(-c3ccccc3)n2)cc1. The Labute approximate surface area is 171 Å². The molecule has 1 aliphatic rings. The number of piperazine rings is 1. The van der Waals surface area contributed by atoms with Crippen LogP contribution >= 0.6 is 0 Å². The van der Waals surface area contributed by atoms with Gasteiger partial charge in [0.1, 0.15) is 17.4 Å². The zero-order valence-electron chi connectivity index (χ0n) is 16.0. The highest BCUT2D eigenvalue weighted by atomic mass is 19.4. The van der Waals surface area contributed by atoms with Gasteiger partial charge in [0.15, 0.2) is 5.82 Å². The number of alkyl halides is 3. The Bertz CT molecular complexity index is 974. The van der Waals surface area contributed by atoms with Gasteiger partial charge in [-0.2, -0.15) is 0 Å². The van der Waals surface area contributed by atoms with Crippen LogP contribution < -0.4 is 20.3 Å². The highest BCUT2D eigenvalue weighted by Gasteiger charge is 2.31. The van der Waals surface area contributed by atoms with Crippen molar-refractivity contribution in [2.75, 3.05) is 36.4 Å². The van der Waals surface area contributed by atoms with Crippen LogP contribution in [0.4, 0.5) is 30.5 Å². The largest absolute Gasteiger partial charge is 0.573 e. The van der Waals surface area contributed by atoms with Crippen molar-refractivity contribution in [3.05, 3.63) is 60.7 Å². The maximum Gasteiger partial charge on any atom is 0.573 e. The fourth-order valence-electron chi connectivity index (χ4n) is 3.16. The molecule has 2 heterocycles. The number of aromatic nitrogens is 2. The van der Waals surface area contributed by atoms with Crippen LogP contribution in [0.3, 0.4) is 0 Å². The first kappa shape index (κ1) is 20.0. The number of hydrogen-bond acceptors (Lipinski definition) is 6. The highest BCUT2D eigenvalue weighted by molar-refractivity contribution is 5.66. The molecule has 2 N–H and O–H groups in total. The molecule has 0 spiro atoms. The Balaban J connectivity index is 1.61. The van der Waals surface area contributed by atoms with Gasteiger partial charge in [0.2, 0.25) is 0 Å². The van der Waals surface area contributed by atoms with Gasteiger partial charge in [0, 0.05) is 43.5 Å². The Kier molecular flexibility index (Phi) is 5.71. The number of nitrogens with one attached hydrogen (secondary N) is 2. The van der Waals surface area contributed by atoms with Crippen LogP contribution in [-0.4, -0.2) is 42.5 Å². The van der Waals surface area contributed by atoms with E-state index in [4.69, 9.17) is 4.98 Å². The van der Waals surface area contributed by atoms with Gasteiger partial charge < -0.3 is 20.3 Å². The van der Waals surface area contributed by atoms with Crippen molar-refractivity contribution in [1.82, 2.24) is 15.3 Å². The van der Waals surface area contributed by atoms with Gasteiger partial charge in [-0.1, -0.05) is 30.3 Å². The summed E-state index contributed by atoms with van der Waals surface area (Å²) in [6.45, 7) is 3.39. The lowest BCUT2D eigenvalue weighted by Crippen LogP contribution is -2.44. The van der Waals surface area contributed by atoms with Gasteiger partial charge in [-0.05, 0) is 24.3 Å². The lowest BCUT2D eigenvalue weighted by Gasteiger charge is -2.29. The van der Waals surface area contributed by atoms with Crippen molar-refractivity contribution in [2.24, 2.45) is 0 Å². The van der Waals surface area contributed by atoms with E-state index in [1.165, 1.54) is 24.3 Å². The molecular weight excluding hydrogens is 395 g/mol. The summed E-state index contributed by atoms with van der Waals surface area (Å²) in [5.41, 5.74) is 1.47. The van der Waals surface area contributed by atoms with Crippen LogP contribution in [0.15, 0.2) is 60.7 Å². The predicted octanol–water partition coefficient (Wildman–Crippen LogP) is 4.20.